The van der Waals surface area contributed by atoms with E-state index in [9.17, 15) is 8.42 Å². The molecule has 0 aliphatic heterocycles. The molecule has 3 N–H and O–H groups in total. The Bertz CT molecular complexity index is 656. The second kappa shape index (κ2) is 10.8. The number of hydrogen-bond donors (Lipinski definition) is 3. The summed E-state index contributed by atoms with van der Waals surface area (Å²) in [6, 6.07) is 7.01. The van der Waals surface area contributed by atoms with E-state index in [4.69, 9.17) is 12.2 Å². The van der Waals surface area contributed by atoms with E-state index < -0.39 is 10.0 Å². The van der Waals surface area contributed by atoms with Crippen molar-refractivity contribution >= 4 is 27.4 Å². The molecule has 1 atom stereocenters. The molecule has 0 unspecified atom stereocenters. The van der Waals surface area contributed by atoms with Crippen LogP contribution in [0.4, 0.5) is 0 Å². The van der Waals surface area contributed by atoms with Gasteiger partial charge in [-0.3, -0.25) is 0 Å². The molecule has 8 heteroatoms. The van der Waals surface area contributed by atoms with Crippen LogP contribution in [0.25, 0.3) is 0 Å². The molecule has 0 saturated heterocycles. The molecule has 0 amide bonds. The summed E-state index contributed by atoms with van der Waals surface area (Å²) < 4.78 is 26.5. The molecular formula is C18H33N4O2S2+. The van der Waals surface area contributed by atoms with Gasteiger partial charge in [-0.15, -0.1) is 0 Å². The van der Waals surface area contributed by atoms with Crippen molar-refractivity contribution in [3.05, 3.63) is 29.8 Å². The van der Waals surface area contributed by atoms with Crippen LogP contribution in [-0.2, 0) is 10.0 Å². The van der Waals surface area contributed by atoms with Gasteiger partial charge in [0.25, 0.3) is 0 Å². The summed E-state index contributed by atoms with van der Waals surface area (Å²) in [4.78, 5) is 1.74. The number of quaternary nitrogens is 1. The zero-order valence-corrected chi connectivity index (χ0v) is 18.1. The van der Waals surface area contributed by atoms with Crippen molar-refractivity contribution in [1.82, 2.24) is 14.9 Å². The van der Waals surface area contributed by atoms with Crippen molar-refractivity contribution in [2.75, 3.05) is 40.3 Å². The summed E-state index contributed by atoms with van der Waals surface area (Å²) in [5, 5.41) is 7.07. The van der Waals surface area contributed by atoms with E-state index in [0.717, 1.165) is 25.1 Å². The molecular weight excluding hydrogens is 368 g/mol. The molecule has 0 spiro atoms. The highest BCUT2D eigenvalue weighted by molar-refractivity contribution is 7.89. The number of thiocarbonyl (C=S) groups is 1. The molecule has 0 aromatic heterocycles. The van der Waals surface area contributed by atoms with Crippen molar-refractivity contribution < 1.29 is 13.3 Å². The van der Waals surface area contributed by atoms with Crippen LogP contribution in [0.15, 0.2) is 29.2 Å². The third kappa shape index (κ3) is 6.83. The zero-order chi connectivity index (χ0) is 19.7. The third-order valence-corrected chi connectivity index (χ3v) is 6.54. The quantitative estimate of drug-likeness (QED) is 0.399. The van der Waals surface area contributed by atoms with Gasteiger partial charge in [-0.1, -0.05) is 26.0 Å². The summed E-state index contributed by atoms with van der Waals surface area (Å²) >= 11 is 5.33. The van der Waals surface area contributed by atoms with Gasteiger partial charge < -0.3 is 15.5 Å². The fourth-order valence-electron chi connectivity index (χ4n) is 2.62. The number of benzene rings is 1. The first kappa shape index (κ1) is 22.8. The van der Waals surface area contributed by atoms with E-state index in [2.05, 4.69) is 24.7 Å². The van der Waals surface area contributed by atoms with Crippen LogP contribution in [0.1, 0.15) is 38.8 Å². The largest absolute Gasteiger partial charge is 0.362 e. The third-order valence-electron chi connectivity index (χ3n) is 4.21. The number of sulfonamides is 1. The molecule has 0 fully saturated rings. The Hall–Kier alpha value is -1.22. The van der Waals surface area contributed by atoms with E-state index in [1.807, 2.05) is 32.9 Å². The van der Waals surface area contributed by atoms with Crippen LogP contribution < -0.4 is 15.5 Å². The van der Waals surface area contributed by atoms with Gasteiger partial charge in [0, 0.05) is 26.1 Å². The van der Waals surface area contributed by atoms with Crippen LogP contribution in [0.3, 0.4) is 0 Å². The standard InChI is InChI=1S/C18H32N4O2S2/c1-6-22(7-2)26(23,24)17-11-9-16(10-12-17)15(3)20-18(25)19-13-8-14-21(4)5/h9-12,15H,6-8,13-14H2,1-5H3,(H2,19,20,25)/p+1/t15-/m1/s1. The van der Waals surface area contributed by atoms with Gasteiger partial charge in [0.1, 0.15) is 0 Å². The van der Waals surface area contributed by atoms with Gasteiger partial charge in [0.15, 0.2) is 5.11 Å². The van der Waals surface area contributed by atoms with Crippen molar-refractivity contribution in [3.8, 4) is 0 Å². The van der Waals surface area contributed by atoms with E-state index in [0.29, 0.717) is 23.1 Å². The Morgan fingerprint density at radius 3 is 2.27 bits per heavy atom. The first-order chi connectivity index (χ1) is 12.2. The SMILES string of the molecule is CCN(CC)S(=O)(=O)c1ccc([C@@H](C)NC(=S)NCCC[NH+](C)C)cc1. The smallest absolute Gasteiger partial charge is 0.243 e. The lowest BCUT2D eigenvalue weighted by Crippen LogP contribution is -3.05. The maximum absolute atomic E-state index is 12.5. The molecule has 0 aliphatic rings. The summed E-state index contributed by atoms with van der Waals surface area (Å²) in [7, 11) is 0.840. The Morgan fingerprint density at radius 2 is 1.77 bits per heavy atom. The summed E-state index contributed by atoms with van der Waals surface area (Å²) in [6.07, 6.45) is 1.05. The Morgan fingerprint density at radius 1 is 1.19 bits per heavy atom. The number of nitrogens with one attached hydrogen (secondary N) is 3. The minimum atomic E-state index is -3.42. The molecule has 0 radical (unpaired) electrons. The van der Waals surface area contributed by atoms with Crippen LogP contribution in [0.5, 0.6) is 0 Å². The Balaban J connectivity index is 2.63. The van der Waals surface area contributed by atoms with E-state index >= 15 is 0 Å². The highest BCUT2D eigenvalue weighted by atomic mass is 32.2. The van der Waals surface area contributed by atoms with Crippen molar-refractivity contribution in [3.63, 3.8) is 0 Å². The number of rotatable bonds is 10. The minimum absolute atomic E-state index is 0.000295. The topological polar surface area (TPSA) is 65.9 Å². The predicted molar refractivity (Wildman–Crippen MR) is 111 cm³/mol. The first-order valence-electron chi connectivity index (χ1n) is 9.15. The average Bonchev–Trinajstić information content (AvgIpc) is 2.59. The molecule has 1 aromatic carbocycles. The fourth-order valence-corrected chi connectivity index (χ4v) is 4.35. The van der Waals surface area contributed by atoms with E-state index in [1.165, 1.54) is 9.21 Å². The second-order valence-corrected chi connectivity index (χ2v) is 8.94. The maximum Gasteiger partial charge on any atom is 0.243 e. The lowest BCUT2D eigenvalue weighted by atomic mass is 10.1. The van der Waals surface area contributed by atoms with Crippen molar-refractivity contribution in [2.24, 2.45) is 0 Å². The van der Waals surface area contributed by atoms with Gasteiger partial charge in [0.2, 0.25) is 10.0 Å². The highest BCUT2D eigenvalue weighted by Gasteiger charge is 2.21. The summed E-state index contributed by atoms with van der Waals surface area (Å²) in [6.45, 7) is 8.55. The Labute approximate surface area is 164 Å². The second-order valence-electron chi connectivity index (χ2n) is 6.59. The molecule has 1 aromatic rings. The van der Waals surface area contributed by atoms with Crippen LogP contribution in [0.2, 0.25) is 0 Å². The van der Waals surface area contributed by atoms with Gasteiger partial charge in [0.05, 0.1) is 31.6 Å². The van der Waals surface area contributed by atoms with Gasteiger partial charge in [-0.25, -0.2) is 8.42 Å². The molecule has 6 nitrogen and oxygen atoms in total. The lowest BCUT2D eigenvalue weighted by Gasteiger charge is -2.20. The predicted octanol–water partition coefficient (Wildman–Crippen LogP) is 0.777. The minimum Gasteiger partial charge on any atom is -0.362 e. The van der Waals surface area contributed by atoms with Crippen molar-refractivity contribution in [1.29, 1.82) is 0 Å². The van der Waals surface area contributed by atoms with Gasteiger partial charge in [-0.05, 0) is 36.8 Å². The zero-order valence-electron chi connectivity index (χ0n) is 16.5. The molecule has 0 aliphatic carbocycles. The highest BCUT2D eigenvalue weighted by Crippen LogP contribution is 2.19. The number of hydrogen-bond acceptors (Lipinski definition) is 3. The van der Waals surface area contributed by atoms with Crippen LogP contribution >= 0.6 is 12.2 Å². The van der Waals surface area contributed by atoms with E-state index in [1.54, 1.807) is 12.1 Å². The van der Waals surface area contributed by atoms with Crippen LogP contribution in [0, 0.1) is 0 Å². The molecule has 1 rings (SSSR count). The summed E-state index contributed by atoms with van der Waals surface area (Å²) in [5.41, 5.74) is 0.991. The molecule has 148 valence electrons. The normalized spacial score (nSPS) is 13.0. The van der Waals surface area contributed by atoms with Crippen LogP contribution in [-0.4, -0.2) is 58.1 Å². The molecule has 0 heterocycles. The molecule has 0 saturated carbocycles. The fraction of sp³-hybridized carbons (Fsp3) is 0.611. The van der Waals surface area contributed by atoms with Crippen molar-refractivity contribution in [2.45, 2.75) is 38.1 Å². The van der Waals surface area contributed by atoms with Gasteiger partial charge in [-0.2, -0.15) is 4.31 Å². The van der Waals surface area contributed by atoms with E-state index in [-0.39, 0.29) is 6.04 Å². The molecule has 0 bridgehead atoms. The average molecular weight is 402 g/mol. The summed E-state index contributed by atoms with van der Waals surface area (Å²) in [5.74, 6) is 0. The monoisotopic (exact) mass is 401 g/mol. The lowest BCUT2D eigenvalue weighted by molar-refractivity contribution is -0.858. The van der Waals surface area contributed by atoms with Gasteiger partial charge >= 0.3 is 0 Å². The number of nitrogens with zero attached hydrogens (tertiary/aromatic N) is 1. The first-order valence-corrected chi connectivity index (χ1v) is 11.0. The maximum atomic E-state index is 12.5. The molecule has 26 heavy (non-hydrogen) atoms. The Kier molecular flexibility index (Phi) is 9.49.